The number of benzene rings is 2. The number of hydrogen-bond acceptors (Lipinski definition) is 7. The van der Waals surface area contributed by atoms with Gasteiger partial charge in [-0.05, 0) is 43.7 Å². The Morgan fingerprint density at radius 3 is 2.41 bits per heavy atom. The van der Waals surface area contributed by atoms with Gasteiger partial charge >= 0.3 is 5.97 Å². The highest BCUT2D eigenvalue weighted by atomic mass is 32.2. The van der Waals surface area contributed by atoms with Crippen LogP contribution in [0.25, 0.3) is 5.69 Å². The standard InChI is InChI=1S/C23H26N4O6S/c1-15-11-12-18(34(30,31)26(3)4)13-19(15)24-22(28)16(2)33-23(29)21-20(32-5)14-27(25-21)17-9-7-6-8-10-17/h6-14,16H,1-5H3,(H,24,28)/t16-/m1/s1. The summed E-state index contributed by atoms with van der Waals surface area (Å²) in [6, 6.07) is 13.5. The summed E-state index contributed by atoms with van der Waals surface area (Å²) in [5.74, 6) is -1.27. The predicted octanol–water partition coefficient (Wildman–Crippen LogP) is 2.62. The van der Waals surface area contributed by atoms with Crippen LogP contribution in [0.5, 0.6) is 5.75 Å². The molecule has 1 N–H and O–H groups in total. The molecular weight excluding hydrogens is 460 g/mol. The molecule has 0 aliphatic rings. The maximum absolute atomic E-state index is 12.7. The maximum atomic E-state index is 12.7. The summed E-state index contributed by atoms with van der Waals surface area (Å²) in [5, 5.41) is 6.85. The molecule has 3 aromatic rings. The first-order valence-electron chi connectivity index (χ1n) is 10.3. The minimum Gasteiger partial charge on any atom is -0.493 e. The van der Waals surface area contributed by atoms with Crippen molar-refractivity contribution >= 4 is 27.6 Å². The summed E-state index contributed by atoms with van der Waals surface area (Å²) in [4.78, 5) is 25.5. The summed E-state index contributed by atoms with van der Waals surface area (Å²) in [6.45, 7) is 3.13. The fourth-order valence-electron chi connectivity index (χ4n) is 2.97. The molecule has 0 bridgehead atoms. The molecule has 0 aliphatic carbocycles. The third-order valence-corrected chi connectivity index (χ3v) is 6.82. The molecule has 11 heteroatoms. The number of nitrogens with zero attached hydrogens (tertiary/aromatic N) is 3. The van der Waals surface area contributed by atoms with Crippen LogP contribution in [0.3, 0.4) is 0 Å². The van der Waals surface area contributed by atoms with Crippen molar-refractivity contribution in [3.63, 3.8) is 0 Å². The third-order valence-electron chi connectivity index (χ3n) is 5.01. The molecule has 0 fully saturated rings. The van der Waals surface area contributed by atoms with E-state index in [1.165, 1.54) is 51.1 Å². The van der Waals surface area contributed by atoms with Crippen LogP contribution in [0.2, 0.25) is 0 Å². The lowest BCUT2D eigenvalue weighted by Crippen LogP contribution is -2.30. The van der Waals surface area contributed by atoms with E-state index < -0.39 is 28.0 Å². The van der Waals surface area contributed by atoms with Gasteiger partial charge in [0.15, 0.2) is 11.9 Å². The SMILES string of the molecule is COc1cn(-c2ccccc2)nc1C(=O)O[C@H](C)C(=O)Nc1cc(S(=O)(=O)N(C)C)ccc1C. The zero-order valence-electron chi connectivity index (χ0n) is 19.5. The molecule has 0 aliphatic heterocycles. The van der Waals surface area contributed by atoms with Gasteiger partial charge in [0.1, 0.15) is 0 Å². The van der Waals surface area contributed by atoms with Gasteiger partial charge < -0.3 is 14.8 Å². The summed E-state index contributed by atoms with van der Waals surface area (Å²) < 4.78 is 37.9. The number of aryl methyl sites for hydroxylation is 1. The maximum Gasteiger partial charge on any atom is 0.363 e. The van der Waals surface area contributed by atoms with Gasteiger partial charge in [0.05, 0.1) is 23.9 Å². The van der Waals surface area contributed by atoms with Crippen LogP contribution in [-0.4, -0.2) is 61.7 Å². The molecule has 0 saturated carbocycles. The van der Waals surface area contributed by atoms with Gasteiger partial charge in [0.25, 0.3) is 5.91 Å². The topological polar surface area (TPSA) is 120 Å². The van der Waals surface area contributed by atoms with Gasteiger partial charge in [0, 0.05) is 19.8 Å². The quantitative estimate of drug-likeness (QED) is 0.486. The lowest BCUT2D eigenvalue weighted by molar-refractivity contribution is -0.123. The van der Waals surface area contributed by atoms with Crippen molar-refractivity contribution in [2.75, 3.05) is 26.5 Å². The zero-order chi connectivity index (χ0) is 25.0. The molecule has 1 heterocycles. The Balaban J connectivity index is 1.76. The highest BCUT2D eigenvalue weighted by Crippen LogP contribution is 2.23. The average molecular weight is 487 g/mol. The summed E-state index contributed by atoms with van der Waals surface area (Å²) in [7, 11) is 0.554. The fraction of sp³-hybridized carbons (Fsp3) is 0.261. The zero-order valence-corrected chi connectivity index (χ0v) is 20.3. The second kappa shape index (κ2) is 10.1. The number of carbonyl (C=O) groups excluding carboxylic acids is 2. The number of anilines is 1. The van der Waals surface area contributed by atoms with E-state index in [0.29, 0.717) is 16.9 Å². The average Bonchev–Trinajstić information content (AvgIpc) is 3.25. The molecule has 3 rings (SSSR count). The minimum atomic E-state index is -3.68. The highest BCUT2D eigenvalue weighted by Gasteiger charge is 2.26. The molecule has 34 heavy (non-hydrogen) atoms. The lowest BCUT2D eigenvalue weighted by Gasteiger charge is -2.16. The van der Waals surface area contributed by atoms with E-state index in [9.17, 15) is 18.0 Å². The van der Waals surface area contributed by atoms with Crippen molar-refractivity contribution in [2.24, 2.45) is 0 Å². The van der Waals surface area contributed by atoms with Crippen molar-refractivity contribution in [1.82, 2.24) is 14.1 Å². The third kappa shape index (κ3) is 5.26. The largest absolute Gasteiger partial charge is 0.493 e. The number of aromatic nitrogens is 2. The van der Waals surface area contributed by atoms with E-state index in [1.807, 2.05) is 30.3 Å². The number of carbonyl (C=O) groups is 2. The molecule has 1 atom stereocenters. The number of sulfonamides is 1. The second-order valence-electron chi connectivity index (χ2n) is 7.63. The van der Waals surface area contributed by atoms with Crippen molar-refractivity contribution in [3.05, 3.63) is 66.0 Å². The first kappa shape index (κ1) is 24.9. The first-order valence-corrected chi connectivity index (χ1v) is 11.7. The molecule has 2 aromatic carbocycles. The first-order chi connectivity index (χ1) is 16.0. The predicted molar refractivity (Wildman–Crippen MR) is 126 cm³/mol. The Labute approximate surface area is 198 Å². The number of nitrogens with one attached hydrogen (secondary N) is 1. The Bertz CT molecular complexity index is 1300. The van der Waals surface area contributed by atoms with Gasteiger partial charge in [-0.1, -0.05) is 24.3 Å². The van der Waals surface area contributed by atoms with Crippen molar-refractivity contribution in [1.29, 1.82) is 0 Å². The molecule has 1 amide bonds. The van der Waals surface area contributed by atoms with Gasteiger partial charge in [-0.2, -0.15) is 5.10 Å². The molecular formula is C23H26N4O6S. The molecule has 0 saturated heterocycles. The van der Waals surface area contributed by atoms with Crippen LogP contribution >= 0.6 is 0 Å². The molecule has 0 radical (unpaired) electrons. The van der Waals surface area contributed by atoms with E-state index in [4.69, 9.17) is 9.47 Å². The van der Waals surface area contributed by atoms with E-state index in [2.05, 4.69) is 10.4 Å². The summed E-state index contributed by atoms with van der Waals surface area (Å²) in [6.07, 6.45) is 0.351. The van der Waals surface area contributed by atoms with E-state index in [-0.39, 0.29) is 16.3 Å². The van der Waals surface area contributed by atoms with Gasteiger partial charge in [0.2, 0.25) is 15.7 Å². The van der Waals surface area contributed by atoms with E-state index >= 15 is 0 Å². The van der Waals surface area contributed by atoms with E-state index in [0.717, 1.165) is 4.31 Å². The van der Waals surface area contributed by atoms with Crippen molar-refractivity contribution in [2.45, 2.75) is 24.8 Å². The number of rotatable bonds is 8. The number of para-hydroxylation sites is 1. The van der Waals surface area contributed by atoms with Crippen LogP contribution in [0.1, 0.15) is 23.0 Å². The van der Waals surface area contributed by atoms with Crippen molar-refractivity contribution < 1.29 is 27.5 Å². The fourth-order valence-corrected chi connectivity index (χ4v) is 3.90. The van der Waals surface area contributed by atoms with Gasteiger partial charge in [-0.25, -0.2) is 22.2 Å². The van der Waals surface area contributed by atoms with Crippen LogP contribution in [0.15, 0.2) is 59.6 Å². The van der Waals surface area contributed by atoms with Crippen LogP contribution in [-0.2, 0) is 19.6 Å². The molecule has 0 unspecified atom stereocenters. The summed E-state index contributed by atoms with van der Waals surface area (Å²) in [5.41, 5.74) is 1.57. The number of esters is 1. The van der Waals surface area contributed by atoms with Gasteiger partial charge in [-0.15, -0.1) is 0 Å². The Morgan fingerprint density at radius 1 is 1.12 bits per heavy atom. The molecule has 10 nitrogen and oxygen atoms in total. The smallest absolute Gasteiger partial charge is 0.363 e. The van der Waals surface area contributed by atoms with Crippen LogP contribution < -0.4 is 10.1 Å². The molecule has 0 spiro atoms. The summed E-state index contributed by atoms with van der Waals surface area (Å²) >= 11 is 0. The molecule has 180 valence electrons. The lowest BCUT2D eigenvalue weighted by atomic mass is 10.2. The Hall–Kier alpha value is -3.70. The van der Waals surface area contributed by atoms with Crippen molar-refractivity contribution in [3.8, 4) is 11.4 Å². The second-order valence-corrected chi connectivity index (χ2v) is 9.78. The monoisotopic (exact) mass is 486 g/mol. The number of ether oxygens (including phenoxy) is 2. The van der Waals surface area contributed by atoms with Crippen LogP contribution in [0, 0.1) is 6.92 Å². The Morgan fingerprint density at radius 2 is 1.79 bits per heavy atom. The number of hydrogen-bond donors (Lipinski definition) is 1. The van der Waals surface area contributed by atoms with Crippen LogP contribution in [0.4, 0.5) is 5.69 Å². The molecule has 1 aromatic heterocycles. The number of methoxy groups -OCH3 is 1. The Kier molecular flexibility index (Phi) is 7.38. The normalized spacial score (nSPS) is 12.3. The highest BCUT2D eigenvalue weighted by molar-refractivity contribution is 7.89. The van der Waals surface area contributed by atoms with Gasteiger partial charge in [-0.3, -0.25) is 4.79 Å². The number of amides is 1. The van der Waals surface area contributed by atoms with E-state index in [1.54, 1.807) is 13.0 Å². The minimum absolute atomic E-state index is 0.0271.